The van der Waals surface area contributed by atoms with Crippen molar-refractivity contribution in [3.05, 3.63) is 41.7 Å². The molecule has 0 atom stereocenters. The maximum absolute atomic E-state index is 5.81. The molecule has 1 heterocycles. The van der Waals surface area contributed by atoms with Gasteiger partial charge in [0.2, 0.25) is 0 Å². The zero-order valence-electron chi connectivity index (χ0n) is 9.85. The van der Waals surface area contributed by atoms with Gasteiger partial charge in [-0.05, 0) is 47.0 Å². The number of thiazole rings is 1. The van der Waals surface area contributed by atoms with Crippen LogP contribution in [0.15, 0.2) is 21.2 Å². The molecule has 2 aromatic rings. The Bertz CT molecular complexity index is 584. The van der Waals surface area contributed by atoms with Crippen LogP contribution in [0, 0.1) is 13.8 Å². The van der Waals surface area contributed by atoms with E-state index in [0.717, 1.165) is 26.1 Å². The molecule has 0 fully saturated rings. The minimum atomic E-state index is 0.578. The summed E-state index contributed by atoms with van der Waals surface area (Å²) in [5.41, 5.74) is 3.58. The highest BCUT2D eigenvalue weighted by atomic mass is 79.9. The number of anilines is 1. The molecular formula is C12H11Br2ClN2S. The number of nitrogens with zero attached hydrogens (tertiary/aromatic N) is 1. The number of aromatic nitrogens is 1. The van der Waals surface area contributed by atoms with Crippen molar-refractivity contribution in [1.82, 2.24) is 4.98 Å². The molecule has 0 unspecified atom stereocenters. The van der Waals surface area contributed by atoms with Gasteiger partial charge >= 0.3 is 0 Å². The van der Waals surface area contributed by atoms with E-state index in [1.165, 1.54) is 22.5 Å². The second kappa shape index (κ2) is 5.90. The fourth-order valence-corrected chi connectivity index (χ4v) is 4.01. The number of hydrogen-bond donors (Lipinski definition) is 1. The van der Waals surface area contributed by atoms with E-state index in [0.29, 0.717) is 4.47 Å². The summed E-state index contributed by atoms with van der Waals surface area (Å²) in [6, 6.07) is 2.06. The Balaban J connectivity index is 2.22. The molecule has 1 aromatic heterocycles. The molecule has 1 aromatic carbocycles. The zero-order chi connectivity index (χ0) is 13.3. The lowest BCUT2D eigenvalue weighted by atomic mass is 10.1. The van der Waals surface area contributed by atoms with Crippen LogP contribution in [0.3, 0.4) is 0 Å². The fraction of sp³-hybridized carbons (Fsp3) is 0.250. The molecule has 2 rings (SSSR count). The lowest BCUT2D eigenvalue weighted by molar-refractivity contribution is 1.15. The topological polar surface area (TPSA) is 24.9 Å². The highest BCUT2D eigenvalue weighted by molar-refractivity contribution is 9.11. The van der Waals surface area contributed by atoms with Crippen molar-refractivity contribution < 1.29 is 0 Å². The summed E-state index contributed by atoms with van der Waals surface area (Å²) in [5.74, 6) is 0. The Morgan fingerprint density at radius 3 is 2.61 bits per heavy atom. The van der Waals surface area contributed by atoms with Crippen LogP contribution in [0.4, 0.5) is 5.69 Å². The van der Waals surface area contributed by atoms with E-state index in [2.05, 4.69) is 62.1 Å². The van der Waals surface area contributed by atoms with E-state index in [1.807, 2.05) is 0 Å². The van der Waals surface area contributed by atoms with Crippen LogP contribution in [-0.2, 0) is 6.54 Å². The summed E-state index contributed by atoms with van der Waals surface area (Å²) in [6.45, 7) is 4.93. The van der Waals surface area contributed by atoms with Gasteiger partial charge in [-0.2, -0.15) is 0 Å². The first-order valence-electron chi connectivity index (χ1n) is 5.28. The summed E-state index contributed by atoms with van der Waals surface area (Å²) >= 11 is 14.4. The van der Waals surface area contributed by atoms with E-state index in [1.54, 1.807) is 6.20 Å². The van der Waals surface area contributed by atoms with Crippen LogP contribution in [0.2, 0.25) is 4.47 Å². The third-order valence-corrected chi connectivity index (χ3v) is 5.32. The summed E-state index contributed by atoms with van der Waals surface area (Å²) in [6.07, 6.45) is 1.80. The Morgan fingerprint density at radius 2 is 2.00 bits per heavy atom. The van der Waals surface area contributed by atoms with Gasteiger partial charge < -0.3 is 5.32 Å². The molecule has 0 amide bonds. The monoisotopic (exact) mass is 408 g/mol. The molecule has 6 heteroatoms. The lowest BCUT2D eigenvalue weighted by Crippen LogP contribution is -2.02. The van der Waals surface area contributed by atoms with E-state index < -0.39 is 0 Å². The SMILES string of the molecule is Cc1c(Br)cc(Br)c(NCc2cnc(Cl)s2)c1C. The zero-order valence-corrected chi connectivity index (χ0v) is 14.6. The summed E-state index contributed by atoms with van der Waals surface area (Å²) in [5, 5.41) is 3.42. The van der Waals surface area contributed by atoms with Crippen molar-refractivity contribution in [3.8, 4) is 0 Å². The van der Waals surface area contributed by atoms with Gasteiger partial charge in [-0.3, -0.25) is 0 Å². The Kier molecular flexibility index (Phi) is 4.69. The molecule has 0 saturated carbocycles. The molecule has 96 valence electrons. The smallest absolute Gasteiger partial charge is 0.183 e. The largest absolute Gasteiger partial charge is 0.379 e. The molecule has 0 spiro atoms. The first-order chi connectivity index (χ1) is 8.49. The van der Waals surface area contributed by atoms with Crippen LogP contribution in [0.5, 0.6) is 0 Å². The van der Waals surface area contributed by atoms with Gasteiger partial charge in [-0.1, -0.05) is 27.5 Å². The first-order valence-corrected chi connectivity index (χ1v) is 8.06. The van der Waals surface area contributed by atoms with Gasteiger partial charge in [-0.25, -0.2) is 4.98 Å². The van der Waals surface area contributed by atoms with Crippen LogP contribution >= 0.6 is 54.8 Å². The average molecular weight is 411 g/mol. The maximum Gasteiger partial charge on any atom is 0.183 e. The molecule has 0 bridgehead atoms. The van der Waals surface area contributed by atoms with Gasteiger partial charge in [0.05, 0.1) is 12.2 Å². The minimum Gasteiger partial charge on any atom is -0.379 e. The highest BCUT2D eigenvalue weighted by Gasteiger charge is 2.10. The molecular weight excluding hydrogens is 399 g/mol. The normalized spacial score (nSPS) is 10.7. The van der Waals surface area contributed by atoms with Crippen LogP contribution in [0.25, 0.3) is 0 Å². The standard InChI is InChI=1S/C12H11Br2ClN2S/c1-6-7(2)11(10(14)3-9(6)13)16-4-8-5-17-12(15)18-8/h3,5,16H,4H2,1-2H3. The van der Waals surface area contributed by atoms with Gasteiger partial charge in [0.15, 0.2) is 4.47 Å². The lowest BCUT2D eigenvalue weighted by Gasteiger charge is -2.14. The Hall–Kier alpha value is -0.100. The quantitative estimate of drug-likeness (QED) is 0.718. The van der Waals surface area contributed by atoms with Crippen LogP contribution in [0.1, 0.15) is 16.0 Å². The van der Waals surface area contributed by atoms with Crippen molar-refractivity contribution in [2.24, 2.45) is 0 Å². The fourth-order valence-electron chi connectivity index (χ4n) is 1.60. The second-order valence-corrected chi connectivity index (χ2v) is 7.30. The van der Waals surface area contributed by atoms with E-state index in [9.17, 15) is 0 Å². The molecule has 1 N–H and O–H groups in total. The molecule has 18 heavy (non-hydrogen) atoms. The second-order valence-electron chi connectivity index (χ2n) is 3.90. The molecule has 0 aliphatic heterocycles. The third-order valence-electron chi connectivity index (χ3n) is 2.75. The van der Waals surface area contributed by atoms with Crippen molar-refractivity contribution in [2.45, 2.75) is 20.4 Å². The van der Waals surface area contributed by atoms with Gasteiger partial charge in [0.1, 0.15) is 0 Å². The third kappa shape index (κ3) is 3.07. The molecule has 0 aliphatic carbocycles. The number of hydrogen-bond acceptors (Lipinski definition) is 3. The van der Waals surface area contributed by atoms with E-state index in [4.69, 9.17) is 11.6 Å². The molecule has 0 saturated heterocycles. The first kappa shape index (κ1) is 14.3. The maximum atomic E-state index is 5.81. The predicted octanol–water partition coefficient (Wildman–Crippen LogP) is 5.55. The number of rotatable bonds is 3. The van der Waals surface area contributed by atoms with Crippen molar-refractivity contribution in [1.29, 1.82) is 0 Å². The molecule has 0 aliphatic rings. The van der Waals surface area contributed by atoms with Crippen molar-refractivity contribution >= 4 is 60.5 Å². The number of halogens is 3. The Morgan fingerprint density at radius 1 is 1.28 bits per heavy atom. The van der Waals surface area contributed by atoms with Gasteiger partial charge in [0.25, 0.3) is 0 Å². The highest BCUT2D eigenvalue weighted by Crippen LogP contribution is 2.34. The minimum absolute atomic E-state index is 0.578. The summed E-state index contributed by atoms with van der Waals surface area (Å²) in [7, 11) is 0. The number of nitrogens with one attached hydrogen (secondary N) is 1. The van der Waals surface area contributed by atoms with Gasteiger partial charge in [0, 0.05) is 20.0 Å². The predicted molar refractivity (Wildman–Crippen MR) is 85.8 cm³/mol. The van der Waals surface area contributed by atoms with Crippen molar-refractivity contribution in [2.75, 3.05) is 5.32 Å². The van der Waals surface area contributed by atoms with Gasteiger partial charge in [-0.15, -0.1) is 11.3 Å². The van der Waals surface area contributed by atoms with Crippen LogP contribution in [-0.4, -0.2) is 4.98 Å². The summed E-state index contributed by atoms with van der Waals surface area (Å²) in [4.78, 5) is 5.15. The molecule has 0 radical (unpaired) electrons. The van der Waals surface area contributed by atoms with E-state index in [-0.39, 0.29) is 0 Å². The Labute approximate surface area is 132 Å². The van der Waals surface area contributed by atoms with Crippen LogP contribution < -0.4 is 5.32 Å². The number of benzene rings is 1. The molecule has 2 nitrogen and oxygen atoms in total. The average Bonchev–Trinajstić information content (AvgIpc) is 2.72. The summed E-state index contributed by atoms with van der Waals surface area (Å²) < 4.78 is 2.74. The van der Waals surface area contributed by atoms with E-state index >= 15 is 0 Å². The van der Waals surface area contributed by atoms with Crippen molar-refractivity contribution in [3.63, 3.8) is 0 Å².